The molecule has 0 bridgehead atoms. The molecule has 1 amide bonds. The first kappa shape index (κ1) is 13.2. The normalized spacial score (nSPS) is 23.7. The molecule has 4 rings (SSSR count). The van der Waals surface area contributed by atoms with Crippen LogP contribution < -0.4 is 5.73 Å². The van der Waals surface area contributed by atoms with Gasteiger partial charge in [-0.2, -0.15) is 0 Å². The maximum absolute atomic E-state index is 12.6. The number of aromatic nitrogens is 4. The molecule has 2 aliphatic rings. The summed E-state index contributed by atoms with van der Waals surface area (Å²) < 4.78 is 0. The van der Waals surface area contributed by atoms with E-state index in [-0.39, 0.29) is 11.3 Å². The molecule has 1 atom stereocenters. The smallest absolute Gasteiger partial charge is 0.289 e. The molecular formula is C15H18N6O. The molecule has 7 nitrogen and oxygen atoms in total. The summed E-state index contributed by atoms with van der Waals surface area (Å²) in [4.78, 5) is 30.0. The van der Waals surface area contributed by atoms with Crippen LogP contribution in [0.3, 0.4) is 0 Å². The summed E-state index contributed by atoms with van der Waals surface area (Å²) in [6.07, 6.45) is 9.08. The largest absolute Gasteiger partial charge is 0.368 e. The second-order valence-corrected chi connectivity index (χ2v) is 6.15. The summed E-state index contributed by atoms with van der Waals surface area (Å²) in [7, 11) is 0. The Balaban J connectivity index is 1.65. The number of aromatic amines is 1. The second-order valence-electron chi connectivity index (χ2n) is 6.15. The van der Waals surface area contributed by atoms with Gasteiger partial charge in [-0.15, -0.1) is 0 Å². The van der Waals surface area contributed by atoms with Crippen LogP contribution in [-0.2, 0) is 11.8 Å². The minimum absolute atomic E-state index is 0.0421. The van der Waals surface area contributed by atoms with Crippen LogP contribution in [0, 0.1) is 0 Å². The van der Waals surface area contributed by atoms with Gasteiger partial charge in [-0.05, 0) is 31.2 Å². The van der Waals surface area contributed by atoms with Gasteiger partial charge in [-0.3, -0.25) is 4.79 Å². The molecule has 1 saturated heterocycles. The van der Waals surface area contributed by atoms with E-state index in [4.69, 9.17) is 5.73 Å². The van der Waals surface area contributed by atoms with E-state index in [1.54, 1.807) is 12.4 Å². The number of nitrogens with one attached hydrogen (secondary N) is 1. The minimum Gasteiger partial charge on any atom is -0.368 e. The van der Waals surface area contributed by atoms with Gasteiger partial charge in [0.05, 0.1) is 5.69 Å². The van der Waals surface area contributed by atoms with Crippen LogP contribution in [-0.4, -0.2) is 43.8 Å². The van der Waals surface area contributed by atoms with Crippen molar-refractivity contribution >= 4 is 11.9 Å². The molecule has 7 heteroatoms. The van der Waals surface area contributed by atoms with Crippen molar-refractivity contribution in [3.8, 4) is 0 Å². The van der Waals surface area contributed by atoms with Gasteiger partial charge in [0, 0.05) is 37.1 Å². The molecule has 1 unspecified atom stereocenters. The third-order valence-electron chi connectivity index (χ3n) is 4.82. The van der Waals surface area contributed by atoms with Crippen LogP contribution >= 0.6 is 0 Å². The highest BCUT2D eigenvalue weighted by Crippen LogP contribution is 2.44. The number of aryl methyl sites for hydroxylation is 1. The van der Waals surface area contributed by atoms with E-state index >= 15 is 0 Å². The highest BCUT2D eigenvalue weighted by Gasteiger charge is 2.45. The lowest BCUT2D eigenvalue weighted by molar-refractivity contribution is 0.0622. The lowest BCUT2D eigenvalue weighted by atomic mass is 9.77. The molecule has 0 radical (unpaired) electrons. The van der Waals surface area contributed by atoms with Gasteiger partial charge in [-0.1, -0.05) is 0 Å². The number of carbonyl (C=O) groups is 1. The number of nitrogens with two attached hydrogens (primary N) is 1. The Kier molecular flexibility index (Phi) is 2.88. The van der Waals surface area contributed by atoms with Crippen molar-refractivity contribution in [1.29, 1.82) is 0 Å². The first-order chi connectivity index (χ1) is 10.7. The predicted octanol–water partition coefficient (Wildman–Crippen LogP) is 0.902. The fraction of sp³-hybridized carbons (Fsp3) is 0.467. The summed E-state index contributed by atoms with van der Waals surface area (Å²) >= 11 is 0. The number of piperidine rings is 1. The first-order valence-electron chi connectivity index (χ1n) is 7.58. The number of hydrogen-bond acceptors (Lipinski definition) is 5. The van der Waals surface area contributed by atoms with Crippen LogP contribution in [0.5, 0.6) is 0 Å². The Labute approximate surface area is 128 Å². The Morgan fingerprint density at radius 1 is 1.36 bits per heavy atom. The zero-order valence-corrected chi connectivity index (χ0v) is 12.2. The van der Waals surface area contributed by atoms with Gasteiger partial charge in [0.15, 0.2) is 5.82 Å². The van der Waals surface area contributed by atoms with E-state index in [1.165, 1.54) is 5.56 Å². The zero-order valence-electron chi connectivity index (χ0n) is 12.2. The van der Waals surface area contributed by atoms with Crippen molar-refractivity contribution in [2.75, 3.05) is 18.8 Å². The number of nitrogens with zero attached hydrogens (tertiary/aromatic N) is 4. The van der Waals surface area contributed by atoms with E-state index < -0.39 is 0 Å². The molecule has 1 aliphatic carbocycles. The Morgan fingerprint density at radius 2 is 2.27 bits per heavy atom. The maximum Gasteiger partial charge on any atom is 0.289 e. The number of carbonyl (C=O) groups excluding carboxylic acids is 1. The molecule has 1 fully saturated rings. The number of anilines is 1. The summed E-state index contributed by atoms with van der Waals surface area (Å²) in [6.45, 7) is 1.44. The number of imidazole rings is 1. The summed E-state index contributed by atoms with van der Waals surface area (Å²) in [5, 5.41) is 0. The van der Waals surface area contributed by atoms with Crippen molar-refractivity contribution in [1.82, 2.24) is 24.8 Å². The molecule has 2 aromatic heterocycles. The van der Waals surface area contributed by atoms with Gasteiger partial charge in [0.1, 0.15) is 0 Å². The second kappa shape index (κ2) is 4.79. The van der Waals surface area contributed by atoms with Crippen LogP contribution in [0.2, 0.25) is 0 Å². The van der Waals surface area contributed by atoms with Gasteiger partial charge in [0.25, 0.3) is 5.91 Å². The summed E-state index contributed by atoms with van der Waals surface area (Å²) in [5.41, 5.74) is 7.91. The number of fused-ring (bicyclic) bond motifs is 2. The van der Waals surface area contributed by atoms with Crippen LogP contribution in [0.25, 0.3) is 0 Å². The Bertz CT molecular complexity index is 709. The van der Waals surface area contributed by atoms with E-state index in [0.717, 1.165) is 37.9 Å². The van der Waals surface area contributed by atoms with Gasteiger partial charge < -0.3 is 15.6 Å². The quantitative estimate of drug-likeness (QED) is 0.814. The first-order valence-corrected chi connectivity index (χ1v) is 7.58. The average Bonchev–Trinajstić information content (AvgIpc) is 3.17. The molecule has 22 heavy (non-hydrogen) atoms. The number of hydrogen-bond donors (Lipinski definition) is 2. The number of H-pyrrole nitrogens is 1. The molecule has 3 N–H and O–H groups in total. The fourth-order valence-corrected chi connectivity index (χ4v) is 3.79. The third kappa shape index (κ3) is 1.96. The number of rotatable bonds is 1. The summed E-state index contributed by atoms with van der Waals surface area (Å²) in [6, 6.07) is 0. The van der Waals surface area contributed by atoms with Crippen molar-refractivity contribution in [2.24, 2.45) is 0 Å². The SMILES string of the molecule is Nc1ncc2c(n1)C1(CCCN(C(=O)c3ncc[nH]3)C1)CC2. The standard InChI is InChI=1S/C15H18N6O/c16-14-19-8-10-2-4-15(11(10)20-14)3-1-7-21(9-15)13(22)12-17-5-6-18-12/h5-6,8H,1-4,7,9H2,(H,17,18)(H2,16,19,20). The van der Waals surface area contributed by atoms with Gasteiger partial charge in [-0.25, -0.2) is 15.0 Å². The van der Waals surface area contributed by atoms with Crippen molar-refractivity contribution in [2.45, 2.75) is 31.1 Å². The monoisotopic (exact) mass is 298 g/mol. The molecule has 114 valence electrons. The average molecular weight is 298 g/mol. The Hall–Kier alpha value is -2.44. The van der Waals surface area contributed by atoms with Crippen molar-refractivity contribution < 1.29 is 4.79 Å². The molecule has 1 aliphatic heterocycles. The van der Waals surface area contributed by atoms with E-state index in [0.29, 0.717) is 18.3 Å². The number of nitrogen functional groups attached to an aromatic ring is 1. The highest BCUT2D eigenvalue weighted by atomic mass is 16.2. The van der Waals surface area contributed by atoms with E-state index in [1.807, 2.05) is 11.1 Å². The van der Waals surface area contributed by atoms with Gasteiger partial charge in [0.2, 0.25) is 5.95 Å². The van der Waals surface area contributed by atoms with E-state index in [9.17, 15) is 4.79 Å². The number of likely N-dealkylation sites (tertiary alicyclic amines) is 1. The minimum atomic E-state index is -0.0765. The molecule has 2 aromatic rings. The molecule has 1 spiro atoms. The highest BCUT2D eigenvalue weighted by molar-refractivity contribution is 5.90. The fourth-order valence-electron chi connectivity index (χ4n) is 3.79. The van der Waals surface area contributed by atoms with Crippen LogP contribution in [0.1, 0.15) is 41.1 Å². The maximum atomic E-state index is 12.6. The lowest BCUT2D eigenvalue weighted by Gasteiger charge is -2.40. The van der Waals surface area contributed by atoms with Crippen molar-refractivity contribution in [3.05, 3.63) is 35.7 Å². The third-order valence-corrected chi connectivity index (χ3v) is 4.82. The zero-order chi connectivity index (χ0) is 15.2. The predicted molar refractivity (Wildman–Crippen MR) is 80.2 cm³/mol. The topological polar surface area (TPSA) is 101 Å². The summed E-state index contributed by atoms with van der Waals surface area (Å²) in [5.74, 6) is 0.673. The number of amides is 1. The van der Waals surface area contributed by atoms with Gasteiger partial charge >= 0.3 is 0 Å². The Morgan fingerprint density at radius 3 is 3.09 bits per heavy atom. The lowest BCUT2D eigenvalue weighted by Crippen LogP contribution is -2.48. The van der Waals surface area contributed by atoms with Crippen LogP contribution in [0.15, 0.2) is 18.6 Å². The molecular weight excluding hydrogens is 280 g/mol. The van der Waals surface area contributed by atoms with Crippen LogP contribution in [0.4, 0.5) is 5.95 Å². The molecule has 0 aromatic carbocycles. The molecule has 3 heterocycles. The van der Waals surface area contributed by atoms with Crippen molar-refractivity contribution in [3.63, 3.8) is 0 Å². The van der Waals surface area contributed by atoms with E-state index in [2.05, 4.69) is 19.9 Å². The molecule has 0 saturated carbocycles.